The van der Waals surface area contributed by atoms with Gasteiger partial charge in [0.1, 0.15) is 5.82 Å². The summed E-state index contributed by atoms with van der Waals surface area (Å²) in [5.74, 6) is 0.780. The van der Waals surface area contributed by atoms with E-state index in [2.05, 4.69) is 10.4 Å². The summed E-state index contributed by atoms with van der Waals surface area (Å²) >= 11 is 0. The van der Waals surface area contributed by atoms with Gasteiger partial charge in [-0.2, -0.15) is 5.10 Å². The number of nitrogen functional groups attached to an aromatic ring is 1. The van der Waals surface area contributed by atoms with E-state index in [0.29, 0.717) is 0 Å². The van der Waals surface area contributed by atoms with Gasteiger partial charge in [0.05, 0.1) is 11.4 Å². The van der Waals surface area contributed by atoms with E-state index >= 15 is 0 Å². The molecule has 0 aliphatic carbocycles. The summed E-state index contributed by atoms with van der Waals surface area (Å²) in [5.41, 5.74) is 9.42. The number of para-hydroxylation sites is 1. The second-order valence-corrected chi connectivity index (χ2v) is 3.98. The van der Waals surface area contributed by atoms with E-state index in [1.54, 1.807) is 0 Å². The van der Waals surface area contributed by atoms with Crippen LogP contribution in [-0.4, -0.2) is 16.3 Å². The molecule has 0 bridgehead atoms. The molecule has 0 saturated carbocycles. The summed E-state index contributed by atoms with van der Waals surface area (Å²) in [5, 5.41) is 7.85. The van der Waals surface area contributed by atoms with Gasteiger partial charge in [0.2, 0.25) is 0 Å². The van der Waals surface area contributed by atoms with Crippen molar-refractivity contribution in [3.8, 4) is 5.69 Å². The second-order valence-electron chi connectivity index (χ2n) is 3.98. The van der Waals surface area contributed by atoms with Crippen molar-refractivity contribution in [3.05, 3.63) is 41.6 Å². The summed E-state index contributed by atoms with van der Waals surface area (Å²) in [6.45, 7) is 1.80. The van der Waals surface area contributed by atoms with E-state index in [4.69, 9.17) is 5.73 Å². The minimum atomic E-state index is 0. The van der Waals surface area contributed by atoms with E-state index < -0.39 is 0 Å². The standard InChI is InChI=1S/C12H14N4.2ClH/c13-12-10-6-7-14-8-11(10)15-16(12)9-4-2-1-3-5-9;;/h1-5,14H,6-8,13H2;2*1H. The lowest BCUT2D eigenvalue weighted by Crippen LogP contribution is -2.23. The third-order valence-corrected chi connectivity index (χ3v) is 2.95. The summed E-state index contributed by atoms with van der Waals surface area (Å²) in [7, 11) is 0. The van der Waals surface area contributed by atoms with Crippen LogP contribution in [0.3, 0.4) is 0 Å². The summed E-state index contributed by atoms with van der Waals surface area (Å²) < 4.78 is 1.83. The minimum Gasteiger partial charge on any atom is -0.383 e. The van der Waals surface area contributed by atoms with Gasteiger partial charge < -0.3 is 11.1 Å². The Bertz CT molecular complexity index is 510. The molecule has 1 aromatic heterocycles. The molecule has 0 atom stereocenters. The van der Waals surface area contributed by atoms with Gasteiger partial charge in [0.15, 0.2) is 0 Å². The zero-order valence-corrected chi connectivity index (χ0v) is 11.4. The predicted octanol–water partition coefficient (Wildman–Crippen LogP) is 1.94. The summed E-state index contributed by atoms with van der Waals surface area (Å²) in [6, 6.07) is 10.0. The normalized spacial score (nSPS) is 13.1. The smallest absolute Gasteiger partial charge is 0.130 e. The van der Waals surface area contributed by atoms with Gasteiger partial charge >= 0.3 is 0 Å². The molecular weight excluding hydrogens is 271 g/mol. The van der Waals surface area contributed by atoms with Crippen molar-refractivity contribution in [1.29, 1.82) is 0 Å². The number of halogens is 2. The molecule has 18 heavy (non-hydrogen) atoms. The molecule has 0 fully saturated rings. The third-order valence-electron chi connectivity index (χ3n) is 2.95. The molecule has 4 nitrogen and oxygen atoms in total. The third kappa shape index (κ3) is 2.46. The second kappa shape index (κ2) is 6.09. The lowest BCUT2D eigenvalue weighted by molar-refractivity contribution is 0.629. The Morgan fingerprint density at radius 3 is 2.56 bits per heavy atom. The van der Waals surface area contributed by atoms with Crippen LogP contribution in [0.5, 0.6) is 0 Å². The number of hydrogen-bond donors (Lipinski definition) is 2. The topological polar surface area (TPSA) is 55.9 Å². The van der Waals surface area contributed by atoms with Crippen molar-refractivity contribution in [2.45, 2.75) is 13.0 Å². The highest BCUT2D eigenvalue weighted by Crippen LogP contribution is 2.23. The Balaban J connectivity index is 0.000000810. The number of benzene rings is 1. The number of aromatic nitrogens is 2. The summed E-state index contributed by atoms with van der Waals surface area (Å²) in [4.78, 5) is 0. The van der Waals surface area contributed by atoms with Gasteiger partial charge in [-0.05, 0) is 25.1 Å². The first-order valence-corrected chi connectivity index (χ1v) is 5.48. The first kappa shape index (κ1) is 14.8. The molecule has 2 aromatic rings. The van der Waals surface area contributed by atoms with Crippen LogP contribution in [0.1, 0.15) is 11.3 Å². The number of nitrogens with zero attached hydrogens (tertiary/aromatic N) is 2. The Kier molecular flexibility index (Phi) is 5.02. The average molecular weight is 287 g/mol. The SMILES string of the molecule is Cl.Cl.Nc1c2c(nn1-c1ccccc1)CNCC2. The van der Waals surface area contributed by atoms with Crippen molar-refractivity contribution < 1.29 is 0 Å². The molecule has 2 heterocycles. The largest absolute Gasteiger partial charge is 0.383 e. The van der Waals surface area contributed by atoms with Gasteiger partial charge in [-0.25, -0.2) is 4.68 Å². The molecule has 1 aliphatic rings. The highest BCUT2D eigenvalue weighted by atomic mass is 35.5. The van der Waals surface area contributed by atoms with Crippen LogP contribution in [0, 0.1) is 0 Å². The number of nitrogens with one attached hydrogen (secondary N) is 1. The monoisotopic (exact) mass is 286 g/mol. The van der Waals surface area contributed by atoms with Crippen molar-refractivity contribution >= 4 is 30.6 Å². The summed E-state index contributed by atoms with van der Waals surface area (Å²) in [6.07, 6.45) is 0.966. The molecule has 1 aliphatic heterocycles. The molecule has 0 saturated heterocycles. The van der Waals surface area contributed by atoms with Crippen LogP contribution in [0.15, 0.2) is 30.3 Å². The van der Waals surface area contributed by atoms with E-state index in [9.17, 15) is 0 Å². The molecule has 0 radical (unpaired) electrons. The average Bonchev–Trinajstić information content (AvgIpc) is 2.69. The van der Waals surface area contributed by atoms with Gasteiger partial charge in [0.25, 0.3) is 0 Å². The number of rotatable bonds is 1. The fraction of sp³-hybridized carbons (Fsp3) is 0.250. The molecular formula is C12H16Cl2N4. The molecule has 6 heteroatoms. The molecule has 1 aromatic carbocycles. The number of nitrogens with two attached hydrogens (primary N) is 1. The van der Waals surface area contributed by atoms with Crippen molar-refractivity contribution in [1.82, 2.24) is 15.1 Å². The van der Waals surface area contributed by atoms with Crippen LogP contribution >= 0.6 is 24.8 Å². The maximum absolute atomic E-state index is 6.13. The van der Waals surface area contributed by atoms with Gasteiger partial charge in [-0.3, -0.25) is 0 Å². The minimum absolute atomic E-state index is 0. The highest BCUT2D eigenvalue weighted by molar-refractivity contribution is 5.85. The first-order chi connectivity index (χ1) is 7.86. The van der Waals surface area contributed by atoms with Crippen LogP contribution < -0.4 is 11.1 Å². The molecule has 0 amide bonds. The highest BCUT2D eigenvalue weighted by Gasteiger charge is 2.18. The first-order valence-electron chi connectivity index (χ1n) is 5.48. The fourth-order valence-electron chi connectivity index (χ4n) is 2.11. The van der Waals surface area contributed by atoms with Crippen LogP contribution in [-0.2, 0) is 13.0 Å². The molecule has 98 valence electrons. The van der Waals surface area contributed by atoms with E-state index in [-0.39, 0.29) is 24.8 Å². The fourth-order valence-corrected chi connectivity index (χ4v) is 2.11. The molecule has 0 unspecified atom stereocenters. The van der Waals surface area contributed by atoms with E-state index in [1.807, 2.05) is 35.0 Å². The maximum Gasteiger partial charge on any atom is 0.130 e. The van der Waals surface area contributed by atoms with Gasteiger partial charge in [-0.15, -0.1) is 24.8 Å². The van der Waals surface area contributed by atoms with Crippen molar-refractivity contribution in [2.24, 2.45) is 0 Å². The van der Waals surface area contributed by atoms with Crippen LogP contribution in [0.2, 0.25) is 0 Å². The zero-order valence-electron chi connectivity index (χ0n) is 9.80. The van der Waals surface area contributed by atoms with Crippen LogP contribution in [0.25, 0.3) is 5.69 Å². The van der Waals surface area contributed by atoms with Crippen molar-refractivity contribution in [3.63, 3.8) is 0 Å². The Labute approximate surface area is 118 Å². The number of anilines is 1. The van der Waals surface area contributed by atoms with Gasteiger partial charge in [-0.1, -0.05) is 18.2 Å². The predicted molar refractivity (Wildman–Crippen MR) is 77.9 cm³/mol. The lowest BCUT2D eigenvalue weighted by atomic mass is 10.1. The van der Waals surface area contributed by atoms with Crippen LogP contribution in [0.4, 0.5) is 5.82 Å². The number of fused-ring (bicyclic) bond motifs is 1. The quantitative estimate of drug-likeness (QED) is 0.843. The zero-order chi connectivity index (χ0) is 11.0. The van der Waals surface area contributed by atoms with Gasteiger partial charge in [0, 0.05) is 12.1 Å². The van der Waals surface area contributed by atoms with E-state index in [0.717, 1.165) is 36.7 Å². The molecule has 3 N–H and O–H groups in total. The van der Waals surface area contributed by atoms with E-state index in [1.165, 1.54) is 5.56 Å². The molecule has 0 spiro atoms. The molecule has 3 rings (SSSR count). The Morgan fingerprint density at radius 2 is 1.89 bits per heavy atom. The number of hydrogen-bond acceptors (Lipinski definition) is 3. The Morgan fingerprint density at radius 1 is 1.17 bits per heavy atom. The maximum atomic E-state index is 6.13. The Hall–Kier alpha value is -1.23. The lowest BCUT2D eigenvalue weighted by Gasteiger charge is -2.10. The van der Waals surface area contributed by atoms with Crippen molar-refractivity contribution in [2.75, 3.05) is 12.3 Å².